The summed E-state index contributed by atoms with van der Waals surface area (Å²) in [6.07, 6.45) is -0.964. The highest BCUT2D eigenvalue weighted by Gasteiger charge is 2.34. The highest BCUT2D eigenvalue weighted by Crippen LogP contribution is 2.27. The molecule has 0 radical (unpaired) electrons. The lowest BCUT2D eigenvalue weighted by Gasteiger charge is -2.17. The van der Waals surface area contributed by atoms with Crippen LogP contribution in [-0.2, 0) is 15.8 Å². The van der Waals surface area contributed by atoms with Crippen LogP contribution in [0.15, 0.2) is 36.9 Å². The highest BCUT2D eigenvalue weighted by atomic mass is 19.4. The summed E-state index contributed by atoms with van der Waals surface area (Å²) in [7, 11) is 2.81. The SMILES string of the molecule is CNC(=O)c1c(N(C)C=O)ncn1C(C)C(=O)Nc1cccc(-c2cnc(C(F)(F)F)nc2)n1. The van der Waals surface area contributed by atoms with Gasteiger partial charge in [0.25, 0.3) is 5.91 Å². The third-order valence-corrected chi connectivity index (χ3v) is 4.71. The number of nitrogens with one attached hydrogen (secondary N) is 2. The van der Waals surface area contributed by atoms with Crippen LogP contribution in [0.25, 0.3) is 11.3 Å². The van der Waals surface area contributed by atoms with Crippen LogP contribution >= 0.6 is 0 Å². The number of carbonyl (C=O) groups is 3. The first-order valence-corrected chi connectivity index (χ1v) is 9.71. The average Bonchev–Trinajstić information content (AvgIpc) is 3.27. The van der Waals surface area contributed by atoms with Crippen molar-refractivity contribution in [3.63, 3.8) is 0 Å². The summed E-state index contributed by atoms with van der Waals surface area (Å²) in [5.74, 6) is -2.21. The molecule has 1 atom stereocenters. The second kappa shape index (κ2) is 9.64. The van der Waals surface area contributed by atoms with Crippen molar-refractivity contribution in [3.8, 4) is 11.3 Å². The van der Waals surface area contributed by atoms with E-state index in [1.165, 1.54) is 44.0 Å². The fourth-order valence-electron chi connectivity index (χ4n) is 2.92. The molecule has 3 amide bonds. The topological polar surface area (TPSA) is 135 Å². The Kier molecular flexibility index (Phi) is 6.89. The Labute approximate surface area is 191 Å². The minimum atomic E-state index is -4.67. The summed E-state index contributed by atoms with van der Waals surface area (Å²) >= 11 is 0. The number of nitrogens with zero attached hydrogens (tertiary/aromatic N) is 6. The summed E-state index contributed by atoms with van der Waals surface area (Å²) in [4.78, 5) is 52.3. The first kappa shape index (κ1) is 24.3. The van der Waals surface area contributed by atoms with E-state index in [-0.39, 0.29) is 28.6 Å². The summed E-state index contributed by atoms with van der Waals surface area (Å²) in [6, 6.07) is 3.61. The fraction of sp³-hybridized carbons (Fsp3) is 0.250. The smallest absolute Gasteiger partial charge is 0.354 e. The third kappa shape index (κ3) is 5.00. The van der Waals surface area contributed by atoms with Crippen molar-refractivity contribution in [1.82, 2.24) is 29.8 Å². The van der Waals surface area contributed by atoms with Crippen LogP contribution < -0.4 is 15.5 Å². The third-order valence-electron chi connectivity index (χ3n) is 4.71. The molecule has 3 aromatic heterocycles. The number of amides is 3. The van der Waals surface area contributed by atoms with Crippen LogP contribution in [0.2, 0.25) is 0 Å². The Morgan fingerprint density at radius 1 is 1.18 bits per heavy atom. The lowest BCUT2D eigenvalue weighted by atomic mass is 10.2. The standard InChI is InChI=1S/C20H19F3N8O3/c1-11(31-9-27-16(30(3)10-32)15(31)18(34)24-2)17(33)29-14-6-4-5-13(28-14)12-7-25-19(26-8-12)20(21,22)23/h4-11H,1-3H3,(H,24,34)(H,28,29,33). The van der Waals surface area contributed by atoms with Gasteiger partial charge in [-0.2, -0.15) is 13.2 Å². The van der Waals surface area contributed by atoms with Gasteiger partial charge in [0.2, 0.25) is 18.1 Å². The van der Waals surface area contributed by atoms with E-state index >= 15 is 0 Å². The molecule has 0 aliphatic heterocycles. The highest BCUT2D eigenvalue weighted by molar-refractivity contribution is 6.00. The zero-order chi connectivity index (χ0) is 25.0. The van der Waals surface area contributed by atoms with Gasteiger partial charge >= 0.3 is 6.18 Å². The average molecular weight is 476 g/mol. The minimum absolute atomic E-state index is 0.00311. The second-order valence-corrected chi connectivity index (χ2v) is 6.99. The van der Waals surface area contributed by atoms with Crippen molar-refractivity contribution >= 4 is 29.9 Å². The normalized spacial score (nSPS) is 12.1. The van der Waals surface area contributed by atoms with Crippen molar-refractivity contribution in [3.05, 3.63) is 48.4 Å². The van der Waals surface area contributed by atoms with Gasteiger partial charge in [-0.05, 0) is 19.1 Å². The number of halogens is 3. The summed E-state index contributed by atoms with van der Waals surface area (Å²) in [5, 5.41) is 5.03. The summed E-state index contributed by atoms with van der Waals surface area (Å²) in [5.41, 5.74) is 0.460. The molecule has 3 heterocycles. The van der Waals surface area contributed by atoms with Crippen molar-refractivity contribution in [1.29, 1.82) is 0 Å². The molecular weight excluding hydrogens is 457 g/mol. The number of aromatic nitrogens is 5. The molecular formula is C20H19F3N8O3. The van der Waals surface area contributed by atoms with Crippen LogP contribution in [0.5, 0.6) is 0 Å². The van der Waals surface area contributed by atoms with Crippen LogP contribution in [-0.4, -0.2) is 56.8 Å². The van der Waals surface area contributed by atoms with E-state index in [1.807, 2.05) is 0 Å². The molecule has 0 saturated heterocycles. The molecule has 3 aromatic rings. The maximum absolute atomic E-state index is 12.9. The Balaban J connectivity index is 1.84. The van der Waals surface area contributed by atoms with Crippen molar-refractivity contribution < 1.29 is 27.6 Å². The number of rotatable bonds is 7. The molecule has 0 aromatic carbocycles. The maximum atomic E-state index is 12.9. The number of pyridine rings is 1. The zero-order valence-corrected chi connectivity index (χ0v) is 18.2. The van der Waals surface area contributed by atoms with Gasteiger partial charge in [-0.15, -0.1) is 0 Å². The molecule has 0 spiro atoms. The van der Waals surface area contributed by atoms with Gasteiger partial charge in [-0.25, -0.2) is 19.9 Å². The first-order chi connectivity index (χ1) is 16.1. The Hall–Kier alpha value is -4.36. The summed E-state index contributed by atoms with van der Waals surface area (Å²) in [6.45, 7) is 1.52. The number of hydrogen-bond donors (Lipinski definition) is 2. The molecule has 0 saturated carbocycles. The molecule has 1 unspecified atom stereocenters. The van der Waals surface area contributed by atoms with Crippen molar-refractivity contribution in [2.24, 2.45) is 0 Å². The van der Waals surface area contributed by atoms with E-state index < -0.39 is 29.9 Å². The molecule has 3 rings (SSSR count). The van der Waals surface area contributed by atoms with Crippen LogP contribution in [0.3, 0.4) is 0 Å². The number of carbonyl (C=O) groups excluding carboxylic acids is 3. The maximum Gasteiger partial charge on any atom is 0.451 e. The zero-order valence-electron chi connectivity index (χ0n) is 18.2. The quantitative estimate of drug-likeness (QED) is 0.497. The second-order valence-electron chi connectivity index (χ2n) is 6.99. The van der Waals surface area contributed by atoms with Crippen LogP contribution in [0.1, 0.15) is 29.3 Å². The predicted octanol–water partition coefficient (Wildman–Crippen LogP) is 1.91. The molecule has 178 valence electrons. The molecule has 0 bridgehead atoms. The summed E-state index contributed by atoms with van der Waals surface area (Å²) < 4.78 is 39.3. The lowest BCUT2D eigenvalue weighted by Crippen LogP contribution is -2.30. The predicted molar refractivity (Wildman–Crippen MR) is 114 cm³/mol. The molecule has 0 aliphatic rings. The van der Waals surface area contributed by atoms with Crippen LogP contribution in [0.4, 0.5) is 24.8 Å². The molecule has 14 heteroatoms. The Bertz CT molecular complexity index is 1210. The van der Waals surface area contributed by atoms with Crippen molar-refractivity contribution in [2.45, 2.75) is 19.1 Å². The molecule has 11 nitrogen and oxygen atoms in total. The number of alkyl halides is 3. The molecule has 2 N–H and O–H groups in total. The van der Waals surface area contributed by atoms with Gasteiger partial charge < -0.3 is 20.1 Å². The first-order valence-electron chi connectivity index (χ1n) is 9.71. The van der Waals surface area contributed by atoms with Gasteiger partial charge in [0.1, 0.15) is 11.9 Å². The largest absolute Gasteiger partial charge is 0.451 e. The molecule has 0 aliphatic carbocycles. The van der Waals surface area contributed by atoms with Gasteiger partial charge in [0, 0.05) is 32.1 Å². The Morgan fingerprint density at radius 3 is 2.44 bits per heavy atom. The number of anilines is 2. The van der Waals surface area contributed by atoms with Gasteiger partial charge in [0.15, 0.2) is 11.5 Å². The van der Waals surface area contributed by atoms with Crippen LogP contribution in [0, 0.1) is 0 Å². The van der Waals surface area contributed by atoms with Gasteiger partial charge in [-0.3, -0.25) is 14.4 Å². The van der Waals surface area contributed by atoms with E-state index in [0.29, 0.717) is 6.41 Å². The van der Waals surface area contributed by atoms with E-state index in [4.69, 9.17) is 0 Å². The minimum Gasteiger partial charge on any atom is -0.354 e. The molecule has 34 heavy (non-hydrogen) atoms. The van der Waals surface area contributed by atoms with E-state index in [2.05, 4.69) is 30.6 Å². The fourth-order valence-corrected chi connectivity index (χ4v) is 2.92. The number of hydrogen-bond acceptors (Lipinski definition) is 7. The van der Waals surface area contributed by atoms with E-state index in [0.717, 1.165) is 17.3 Å². The molecule has 0 fully saturated rings. The lowest BCUT2D eigenvalue weighted by molar-refractivity contribution is -0.145. The monoisotopic (exact) mass is 476 g/mol. The number of imidazole rings is 1. The van der Waals surface area contributed by atoms with Crippen molar-refractivity contribution in [2.75, 3.05) is 24.3 Å². The van der Waals surface area contributed by atoms with E-state index in [1.54, 1.807) is 6.07 Å². The Morgan fingerprint density at radius 2 is 1.85 bits per heavy atom. The van der Waals surface area contributed by atoms with Gasteiger partial charge in [-0.1, -0.05) is 6.07 Å². The van der Waals surface area contributed by atoms with E-state index in [9.17, 15) is 27.6 Å². The van der Waals surface area contributed by atoms with Gasteiger partial charge in [0.05, 0.1) is 12.0 Å².